The molecule has 8 nitrogen and oxygen atoms in total. The average Bonchev–Trinajstić information content (AvgIpc) is 3.38. The second-order valence-corrected chi connectivity index (χ2v) is 6.22. The van der Waals surface area contributed by atoms with E-state index in [0.29, 0.717) is 23.7 Å². The van der Waals surface area contributed by atoms with Gasteiger partial charge >= 0.3 is 11.9 Å². The number of aromatic amines is 1. The van der Waals surface area contributed by atoms with E-state index in [9.17, 15) is 24.6 Å². The molecule has 1 aromatic heterocycles. The molecule has 0 unspecified atom stereocenters. The topological polar surface area (TPSA) is 143 Å². The minimum atomic E-state index is -1.53. The first-order valence-corrected chi connectivity index (χ1v) is 8.08. The summed E-state index contributed by atoms with van der Waals surface area (Å²) in [6.07, 6.45) is 2.25. The number of carbonyl (C=O) groups is 2. The van der Waals surface area contributed by atoms with Crippen molar-refractivity contribution in [3.63, 3.8) is 0 Å². The predicted octanol–water partition coefficient (Wildman–Crippen LogP) is 1.95. The molecular weight excluding hydrogens is 340 g/mol. The van der Waals surface area contributed by atoms with E-state index in [1.165, 1.54) is 0 Å². The second-order valence-electron chi connectivity index (χ2n) is 6.22. The molecule has 8 heteroatoms. The van der Waals surface area contributed by atoms with Crippen molar-refractivity contribution in [2.45, 2.75) is 19.4 Å². The van der Waals surface area contributed by atoms with Gasteiger partial charge in [-0.25, -0.2) is 9.59 Å². The third kappa shape index (κ3) is 3.45. The fourth-order valence-corrected chi connectivity index (χ4v) is 2.83. The number of ether oxygens (including phenoxy) is 1. The van der Waals surface area contributed by atoms with Gasteiger partial charge < -0.3 is 25.7 Å². The minimum absolute atomic E-state index is 0.178. The number of nitrogen functional groups attached to an aromatic ring is 1. The Kier molecular flexibility index (Phi) is 4.77. The molecule has 1 saturated carbocycles. The maximum Gasteiger partial charge on any atom is 0.342 e. The van der Waals surface area contributed by atoms with Gasteiger partial charge in [-0.3, -0.25) is 4.79 Å². The van der Waals surface area contributed by atoms with E-state index in [4.69, 9.17) is 10.5 Å². The van der Waals surface area contributed by atoms with Gasteiger partial charge in [0.1, 0.15) is 16.9 Å². The number of hydrogen-bond donors (Lipinski definition) is 4. The highest BCUT2D eigenvalue weighted by atomic mass is 16.5. The van der Waals surface area contributed by atoms with Crippen molar-refractivity contribution >= 4 is 17.8 Å². The van der Waals surface area contributed by atoms with Crippen molar-refractivity contribution in [1.82, 2.24) is 4.98 Å². The van der Waals surface area contributed by atoms with Crippen molar-refractivity contribution < 1.29 is 24.5 Å². The maximum absolute atomic E-state index is 12.1. The van der Waals surface area contributed by atoms with Crippen LogP contribution in [0.5, 0.6) is 0 Å². The van der Waals surface area contributed by atoms with Crippen LogP contribution in [0, 0.1) is 5.92 Å². The van der Waals surface area contributed by atoms with Crippen molar-refractivity contribution in [3.05, 3.63) is 51.3 Å². The predicted molar refractivity (Wildman–Crippen MR) is 93.2 cm³/mol. The number of nitrogens with one attached hydrogen (secondary N) is 1. The van der Waals surface area contributed by atoms with Crippen LogP contribution in [0.15, 0.2) is 29.1 Å². The first kappa shape index (κ1) is 17.7. The van der Waals surface area contributed by atoms with E-state index in [-0.39, 0.29) is 12.2 Å². The monoisotopic (exact) mass is 358 g/mol. The van der Waals surface area contributed by atoms with E-state index < -0.39 is 34.4 Å². The largest absolute Gasteiger partial charge is 0.478 e. The van der Waals surface area contributed by atoms with E-state index in [1.54, 1.807) is 24.3 Å². The van der Waals surface area contributed by atoms with Gasteiger partial charge in [-0.15, -0.1) is 0 Å². The van der Waals surface area contributed by atoms with E-state index in [2.05, 4.69) is 4.98 Å². The molecule has 0 aliphatic heterocycles. The lowest BCUT2D eigenvalue weighted by Crippen LogP contribution is -2.24. The van der Waals surface area contributed by atoms with Crippen LogP contribution in [0.3, 0.4) is 0 Å². The molecule has 1 heterocycles. The summed E-state index contributed by atoms with van der Waals surface area (Å²) < 4.78 is 5.65. The average molecular weight is 358 g/mol. The SMILES string of the molecule is Nc1[nH]c(=O)c(C(=O)O)c(-c2ccccc2COCC2CC2)c1C(=O)O. The van der Waals surface area contributed by atoms with Crippen LogP contribution >= 0.6 is 0 Å². The number of rotatable bonds is 7. The van der Waals surface area contributed by atoms with Crippen molar-refractivity contribution in [1.29, 1.82) is 0 Å². The number of nitrogens with two attached hydrogens (primary N) is 1. The number of anilines is 1. The normalized spacial score (nSPS) is 13.5. The second kappa shape index (κ2) is 7.01. The van der Waals surface area contributed by atoms with E-state index in [0.717, 1.165) is 12.8 Å². The Morgan fingerprint density at radius 2 is 1.81 bits per heavy atom. The smallest absolute Gasteiger partial charge is 0.342 e. The summed E-state index contributed by atoms with van der Waals surface area (Å²) in [7, 11) is 0. The molecule has 1 aliphatic carbocycles. The van der Waals surface area contributed by atoms with Crippen LogP contribution < -0.4 is 11.3 Å². The Labute approximate surface area is 148 Å². The Morgan fingerprint density at radius 3 is 2.42 bits per heavy atom. The lowest BCUT2D eigenvalue weighted by molar-refractivity contribution is 0.0695. The van der Waals surface area contributed by atoms with Crippen molar-refractivity contribution in [2.24, 2.45) is 5.92 Å². The molecular formula is C18H18N2O6. The van der Waals surface area contributed by atoms with Crippen LogP contribution in [0.25, 0.3) is 11.1 Å². The Balaban J connectivity index is 2.17. The van der Waals surface area contributed by atoms with Crippen LogP contribution in [0.1, 0.15) is 39.1 Å². The minimum Gasteiger partial charge on any atom is -0.478 e. The number of aromatic nitrogens is 1. The number of aromatic carboxylic acids is 2. The number of carboxylic acid groups (broad SMARTS) is 2. The summed E-state index contributed by atoms with van der Waals surface area (Å²) >= 11 is 0. The van der Waals surface area contributed by atoms with Gasteiger partial charge in [-0.05, 0) is 29.9 Å². The molecule has 0 spiro atoms. The first-order chi connectivity index (χ1) is 12.4. The Morgan fingerprint density at radius 1 is 1.15 bits per heavy atom. The van der Waals surface area contributed by atoms with Crippen LogP contribution in [0.4, 0.5) is 5.82 Å². The molecule has 5 N–H and O–H groups in total. The molecule has 26 heavy (non-hydrogen) atoms. The summed E-state index contributed by atoms with van der Waals surface area (Å²) in [6, 6.07) is 6.63. The van der Waals surface area contributed by atoms with Gasteiger partial charge in [0, 0.05) is 12.2 Å². The highest BCUT2D eigenvalue weighted by Crippen LogP contribution is 2.33. The quantitative estimate of drug-likeness (QED) is 0.592. The van der Waals surface area contributed by atoms with Gasteiger partial charge in [0.15, 0.2) is 0 Å². The van der Waals surface area contributed by atoms with Gasteiger partial charge in [-0.1, -0.05) is 24.3 Å². The zero-order valence-electron chi connectivity index (χ0n) is 13.8. The molecule has 0 amide bonds. The van der Waals surface area contributed by atoms with Gasteiger partial charge in [-0.2, -0.15) is 0 Å². The third-order valence-electron chi connectivity index (χ3n) is 4.27. The third-order valence-corrected chi connectivity index (χ3v) is 4.27. The Hall–Kier alpha value is -3.13. The van der Waals surface area contributed by atoms with Crippen LogP contribution in [0.2, 0.25) is 0 Å². The molecule has 0 radical (unpaired) electrons. The van der Waals surface area contributed by atoms with Crippen LogP contribution in [-0.4, -0.2) is 33.7 Å². The highest BCUT2D eigenvalue weighted by Gasteiger charge is 2.28. The fraction of sp³-hybridized carbons (Fsp3) is 0.278. The number of H-pyrrole nitrogens is 1. The number of pyridine rings is 1. The summed E-state index contributed by atoms with van der Waals surface area (Å²) in [4.78, 5) is 37.6. The summed E-state index contributed by atoms with van der Waals surface area (Å²) in [5.41, 5.74) is 4.28. The lowest BCUT2D eigenvalue weighted by Gasteiger charge is -2.15. The number of hydrogen-bond acceptors (Lipinski definition) is 5. The van der Waals surface area contributed by atoms with E-state index in [1.807, 2.05) is 0 Å². The standard InChI is InChI=1S/C18H18N2O6/c19-15-13(17(22)23)12(14(18(24)25)16(21)20-15)11-4-2-1-3-10(11)8-26-7-9-5-6-9/h1-4,9H,5-8H2,(H,22,23)(H,24,25)(H3,19,20,21). The molecule has 136 valence electrons. The maximum atomic E-state index is 12.1. The van der Waals surface area contributed by atoms with Crippen molar-refractivity contribution in [3.8, 4) is 11.1 Å². The number of carboxylic acids is 2. The van der Waals surface area contributed by atoms with Crippen LogP contribution in [-0.2, 0) is 11.3 Å². The fourth-order valence-electron chi connectivity index (χ4n) is 2.83. The first-order valence-electron chi connectivity index (χ1n) is 8.08. The van der Waals surface area contributed by atoms with E-state index >= 15 is 0 Å². The van der Waals surface area contributed by atoms with Crippen molar-refractivity contribution in [2.75, 3.05) is 12.3 Å². The van der Waals surface area contributed by atoms with Gasteiger partial charge in [0.2, 0.25) is 0 Å². The van der Waals surface area contributed by atoms with Gasteiger partial charge in [0.05, 0.1) is 6.61 Å². The molecule has 1 aliphatic rings. The molecule has 0 atom stereocenters. The number of benzene rings is 1. The highest BCUT2D eigenvalue weighted by molar-refractivity contribution is 6.07. The molecule has 2 aromatic rings. The molecule has 1 fully saturated rings. The summed E-state index contributed by atoms with van der Waals surface area (Å²) in [6.45, 7) is 0.765. The zero-order chi connectivity index (χ0) is 18.8. The molecule has 0 saturated heterocycles. The lowest BCUT2D eigenvalue weighted by atomic mass is 9.92. The summed E-state index contributed by atoms with van der Waals surface area (Å²) in [5.74, 6) is -2.81. The molecule has 1 aromatic carbocycles. The summed E-state index contributed by atoms with van der Waals surface area (Å²) in [5, 5.41) is 19.0. The molecule has 0 bridgehead atoms. The zero-order valence-corrected chi connectivity index (χ0v) is 13.8. The molecule has 3 rings (SSSR count). The Bertz CT molecular complexity index is 930. The van der Waals surface area contributed by atoms with Gasteiger partial charge in [0.25, 0.3) is 5.56 Å².